The van der Waals surface area contributed by atoms with E-state index in [9.17, 15) is 14.4 Å². The maximum Gasteiger partial charge on any atom is 0.407 e. The Bertz CT molecular complexity index is 982. The van der Waals surface area contributed by atoms with Crippen LogP contribution in [0.25, 0.3) is 11.1 Å². The molecule has 0 unspecified atom stereocenters. The first kappa shape index (κ1) is 25.3. The number of carbonyl (C=O) groups excluding carboxylic acids is 3. The minimum absolute atomic E-state index is 0.0204. The van der Waals surface area contributed by atoms with Gasteiger partial charge in [0.2, 0.25) is 5.91 Å². The highest BCUT2D eigenvalue weighted by Crippen LogP contribution is 2.44. The molecule has 2 amide bonds. The van der Waals surface area contributed by atoms with Gasteiger partial charge >= 0.3 is 12.1 Å². The number of alkyl carbamates (subject to hydrolysis) is 1. The van der Waals surface area contributed by atoms with Crippen molar-refractivity contribution >= 4 is 18.0 Å². The van der Waals surface area contributed by atoms with Gasteiger partial charge < -0.3 is 19.7 Å². The minimum Gasteiger partial charge on any atom is -0.459 e. The van der Waals surface area contributed by atoms with Crippen molar-refractivity contribution in [2.24, 2.45) is 0 Å². The Morgan fingerprint density at radius 3 is 2.12 bits per heavy atom. The number of nitrogens with zero attached hydrogens (tertiary/aromatic N) is 1. The van der Waals surface area contributed by atoms with Gasteiger partial charge in [-0.25, -0.2) is 4.79 Å². The zero-order chi connectivity index (χ0) is 24.7. The number of benzene rings is 2. The van der Waals surface area contributed by atoms with Crippen LogP contribution in [0.5, 0.6) is 0 Å². The summed E-state index contributed by atoms with van der Waals surface area (Å²) in [6, 6.07) is 16.3. The van der Waals surface area contributed by atoms with Gasteiger partial charge in [0.05, 0.1) is 0 Å². The van der Waals surface area contributed by atoms with Crippen LogP contribution in [0.2, 0.25) is 0 Å². The van der Waals surface area contributed by atoms with Crippen molar-refractivity contribution in [3.8, 4) is 11.1 Å². The Kier molecular flexibility index (Phi) is 8.31. The average molecular weight is 467 g/mol. The number of fused-ring (bicyclic) bond motifs is 3. The topological polar surface area (TPSA) is 84.9 Å². The van der Waals surface area contributed by atoms with E-state index in [1.807, 2.05) is 31.2 Å². The van der Waals surface area contributed by atoms with Crippen LogP contribution >= 0.6 is 0 Å². The Balaban J connectivity index is 1.53. The Labute approximate surface area is 201 Å². The smallest absolute Gasteiger partial charge is 0.407 e. The second-order valence-corrected chi connectivity index (χ2v) is 9.40. The summed E-state index contributed by atoms with van der Waals surface area (Å²) in [7, 11) is 0. The molecular weight excluding hydrogens is 432 g/mol. The average Bonchev–Trinajstić information content (AvgIpc) is 3.10. The Morgan fingerprint density at radius 2 is 1.56 bits per heavy atom. The first-order valence-corrected chi connectivity index (χ1v) is 11.8. The molecule has 1 N–H and O–H groups in total. The molecule has 1 aliphatic rings. The second-order valence-electron chi connectivity index (χ2n) is 9.40. The lowest BCUT2D eigenvalue weighted by atomic mass is 9.98. The number of rotatable bonds is 9. The fraction of sp³-hybridized carbons (Fsp3) is 0.444. The Morgan fingerprint density at radius 1 is 0.971 bits per heavy atom. The molecule has 0 fully saturated rings. The van der Waals surface area contributed by atoms with E-state index in [0.29, 0.717) is 12.8 Å². The molecule has 0 radical (unpaired) electrons. The molecule has 0 atom stereocenters. The largest absolute Gasteiger partial charge is 0.459 e. The first-order valence-electron chi connectivity index (χ1n) is 11.8. The lowest BCUT2D eigenvalue weighted by Crippen LogP contribution is -2.43. The lowest BCUT2D eigenvalue weighted by molar-refractivity contribution is -0.158. The number of hydrogen-bond acceptors (Lipinski definition) is 5. The molecule has 0 aromatic heterocycles. The summed E-state index contributed by atoms with van der Waals surface area (Å²) >= 11 is 0. The van der Waals surface area contributed by atoms with Gasteiger partial charge in [0.15, 0.2) is 0 Å². The zero-order valence-electron chi connectivity index (χ0n) is 20.4. The molecular formula is C27H34N2O5. The standard InChI is InChI=1S/C27H34N2O5/c1-5-10-24(30)29(17-25(31)34-27(2,3)4)16-15-28-26(32)33-18-23-21-13-8-6-11-19(21)20-12-7-9-14-22(20)23/h6-9,11-14,23H,5,10,15-18H2,1-4H3,(H,28,32). The third-order valence-corrected chi connectivity index (χ3v) is 5.55. The molecule has 2 aromatic carbocycles. The summed E-state index contributed by atoms with van der Waals surface area (Å²) in [4.78, 5) is 38.4. The fourth-order valence-electron chi connectivity index (χ4n) is 4.14. The van der Waals surface area contributed by atoms with E-state index in [0.717, 1.165) is 11.1 Å². The molecule has 7 heteroatoms. The highest BCUT2D eigenvalue weighted by Gasteiger charge is 2.29. The van der Waals surface area contributed by atoms with Crippen LogP contribution in [0.15, 0.2) is 48.5 Å². The molecule has 0 spiro atoms. The van der Waals surface area contributed by atoms with Crippen LogP contribution in [0.1, 0.15) is 57.6 Å². The number of hydrogen-bond donors (Lipinski definition) is 1. The third-order valence-electron chi connectivity index (χ3n) is 5.55. The van der Waals surface area contributed by atoms with Crippen molar-refractivity contribution < 1.29 is 23.9 Å². The quantitative estimate of drug-likeness (QED) is 0.550. The predicted molar refractivity (Wildman–Crippen MR) is 130 cm³/mol. The van der Waals surface area contributed by atoms with Crippen molar-refractivity contribution in [3.05, 3.63) is 59.7 Å². The van der Waals surface area contributed by atoms with Gasteiger partial charge in [-0.15, -0.1) is 0 Å². The molecule has 1 aliphatic carbocycles. The van der Waals surface area contributed by atoms with Crippen LogP contribution in [-0.4, -0.2) is 54.7 Å². The first-order chi connectivity index (χ1) is 16.2. The summed E-state index contributed by atoms with van der Waals surface area (Å²) in [6.07, 6.45) is 0.444. The maximum atomic E-state index is 12.4. The number of carbonyl (C=O) groups is 3. The molecule has 0 saturated carbocycles. The highest BCUT2D eigenvalue weighted by molar-refractivity contribution is 5.82. The maximum absolute atomic E-state index is 12.4. The van der Waals surface area contributed by atoms with E-state index < -0.39 is 17.7 Å². The molecule has 2 aromatic rings. The van der Waals surface area contributed by atoms with Crippen molar-refractivity contribution in [1.82, 2.24) is 10.2 Å². The lowest BCUT2D eigenvalue weighted by Gasteiger charge is -2.25. The number of amides is 2. The van der Waals surface area contributed by atoms with Gasteiger partial charge in [0.25, 0.3) is 0 Å². The molecule has 34 heavy (non-hydrogen) atoms. The van der Waals surface area contributed by atoms with Crippen LogP contribution in [0.3, 0.4) is 0 Å². The van der Waals surface area contributed by atoms with Gasteiger partial charge in [-0.05, 0) is 49.4 Å². The van der Waals surface area contributed by atoms with E-state index in [2.05, 4.69) is 29.6 Å². The van der Waals surface area contributed by atoms with E-state index in [4.69, 9.17) is 9.47 Å². The highest BCUT2D eigenvalue weighted by atomic mass is 16.6. The van der Waals surface area contributed by atoms with Crippen molar-refractivity contribution in [2.45, 2.75) is 52.1 Å². The summed E-state index contributed by atoms with van der Waals surface area (Å²) in [5.74, 6) is -0.645. The summed E-state index contributed by atoms with van der Waals surface area (Å²) in [5.41, 5.74) is 3.99. The van der Waals surface area contributed by atoms with Crippen LogP contribution < -0.4 is 5.32 Å². The molecule has 182 valence electrons. The van der Waals surface area contributed by atoms with Crippen LogP contribution in [-0.2, 0) is 19.1 Å². The predicted octanol–water partition coefficient (Wildman–Crippen LogP) is 4.50. The fourth-order valence-corrected chi connectivity index (χ4v) is 4.14. The van der Waals surface area contributed by atoms with Crippen molar-refractivity contribution in [2.75, 3.05) is 26.2 Å². The van der Waals surface area contributed by atoms with Gasteiger partial charge in [-0.2, -0.15) is 0 Å². The van der Waals surface area contributed by atoms with E-state index >= 15 is 0 Å². The number of nitrogens with one attached hydrogen (secondary N) is 1. The van der Waals surface area contributed by atoms with Gasteiger partial charge in [-0.3, -0.25) is 9.59 Å². The summed E-state index contributed by atoms with van der Waals surface area (Å²) < 4.78 is 10.9. The van der Waals surface area contributed by atoms with Crippen molar-refractivity contribution in [3.63, 3.8) is 0 Å². The van der Waals surface area contributed by atoms with Crippen LogP contribution in [0, 0.1) is 0 Å². The SMILES string of the molecule is CCCC(=O)N(CCNC(=O)OCC1c2ccccc2-c2ccccc21)CC(=O)OC(C)(C)C. The molecule has 3 rings (SSSR count). The number of esters is 1. The van der Waals surface area contributed by atoms with E-state index in [1.54, 1.807) is 20.8 Å². The van der Waals surface area contributed by atoms with Crippen molar-refractivity contribution in [1.29, 1.82) is 0 Å². The molecule has 0 heterocycles. The second kappa shape index (κ2) is 11.2. The summed E-state index contributed by atoms with van der Waals surface area (Å²) in [5, 5.41) is 2.70. The Hall–Kier alpha value is -3.35. The molecule has 0 bridgehead atoms. The van der Waals surface area contributed by atoms with E-state index in [1.165, 1.54) is 16.0 Å². The minimum atomic E-state index is -0.629. The molecule has 0 saturated heterocycles. The number of ether oxygens (including phenoxy) is 2. The van der Waals surface area contributed by atoms with Crippen LogP contribution in [0.4, 0.5) is 4.79 Å². The summed E-state index contributed by atoms with van der Waals surface area (Å²) in [6.45, 7) is 7.68. The van der Waals surface area contributed by atoms with Gasteiger partial charge in [-0.1, -0.05) is 55.5 Å². The molecule has 0 aliphatic heterocycles. The zero-order valence-corrected chi connectivity index (χ0v) is 20.4. The third kappa shape index (κ3) is 6.59. The van der Waals surface area contributed by atoms with Gasteiger partial charge in [0, 0.05) is 25.4 Å². The van der Waals surface area contributed by atoms with Gasteiger partial charge in [0.1, 0.15) is 18.8 Å². The monoisotopic (exact) mass is 466 g/mol. The molecule has 7 nitrogen and oxygen atoms in total. The normalized spacial score (nSPS) is 12.5. The van der Waals surface area contributed by atoms with E-state index in [-0.39, 0.29) is 38.1 Å².